The Labute approximate surface area is 135 Å². The molecule has 6 heteroatoms. The highest BCUT2D eigenvalue weighted by atomic mass is 35.5. The van der Waals surface area contributed by atoms with Crippen molar-refractivity contribution in [2.24, 2.45) is 0 Å². The molecule has 22 heavy (non-hydrogen) atoms. The number of amides is 1. The number of hydrogen-bond acceptors (Lipinski definition) is 3. The maximum Gasteiger partial charge on any atom is 0.238 e. The van der Waals surface area contributed by atoms with Gasteiger partial charge in [0.1, 0.15) is 5.82 Å². The van der Waals surface area contributed by atoms with Crippen molar-refractivity contribution < 1.29 is 13.9 Å². The van der Waals surface area contributed by atoms with Crippen LogP contribution in [-0.4, -0.2) is 43.2 Å². The summed E-state index contributed by atoms with van der Waals surface area (Å²) in [6.45, 7) is 4.68. The van der Waals surface area contributed by atoms with Gasteiger partial charge in [-0.3, -0.25) is 9.69 Å². The van der Waals surface area contributed by atoms with Crippen LogP contribution in [0.1, 0.15) is 26.2 Å². The first-order valence-corrected chi connectivity index (χ1v) is 8.05. The number of anilines is 1. The van der Waals surface area contributed by atoms with E-state index in [9.17, 15) is 9.18 Å². The molecule has 1 unspecified atom stereocenters. The zero-order valence-electron chi connectivity index (χ0n) is 12.8. The largest absolute Gasteiger partial charge is 0.377 e. The molecule has 1 aromatic carbocycles. The van der Waals surface area contributed by atoms with Crippen molar-refractivity contribution in [3.63, 3.8) is 0 Å². The van der Waals surface area contributed by atoms with Crippen LogP contribution >= 0.6 is 11.6 Å². The second kappa shape index (κ2) is 8.46. The van der Waals surface area contributed by atoms with Crippen molar-refractivity contribution in [3.8, 4) is 0 Å². The molecule has 0 aliphatic carbocycles. The Morgan fingerprint density at radius 3 is 3.09 bits per heavy atom. The zero-order valence-corrected chi connectivity index (χ0v) is 13.5. The Balaban J connectivity index is 1.83. The summed E-state index contributed by atoms with van der Waals surface area (Å²) in [5.41, 5.74) is 0.158. The molecule has 0 saturated carbocycles. The van der Waals surface area contributed by atoms with Crippen LogP contribution in [0, 0.1) is 5.82 Å². The minimum Gasteiger partial charge on any atom is -0.377 e. The molecule has 4 nitrogen and oxygen atoms in total. The highest BCUT2D eigenvalue weighted by molar-refractivity contribution is 6.30. The molecule has 0 radical (unpaired) electrons. The predicted molar refractivity (Wildman–Crippen MR) is 85.7 cm³/mol. The van der Waals surface area contributed by atoms with E-state index in [0.29, 0.717) is 5.02 Å². The van der Waals surface area contributed by atoms with Gasteiger partial charge in [0, 0.05) is 18.2 Å². The van der Waals surface area contributed by atoms with Crippen LogP contribution in [0.3, 0.4) is 0 Å². The van der Waals surface area contributed by atoms with Gasteiger partial charge in [-0.25, -0.2) is 4.39 Å². The molecule has 1 saturated heterocycles. The van der Waals surface area contributed by atoms with E-state index in [4.69, 9.17) is 16.3 Å². The van der Waals surface area contributed by atoms with Crippen LogP contribution in [0.25, 0.3) is 0 Å². The fraction of sp³-hybridized carbons (Fsp3) is 0.562. The van der Waals surface area contributed by atoms with Crippen LogP contribution in [0.2, 0.25) is 5.02 Å². The molecule has 2 rings (SSSR count). The maximum absolute atomic E-state index is 13.7. The summed E-state index contributed by atoms with van der Waals surface area (Å²) >= 11 is 5.69. The molecule has 1 atom stereocenters. The highest BCUT2D eigenvalue weighted by Crippen LogP contribution is 2.19. The van der Waals surface area contributed by atoms with Crippen molar-refractivity contribution in [1.82, 2.24) is 4.90 Å². The first-order valence-electron chi connectivity index (χ1n) is 7.67. The van der Waals surface area contributed by atoms with Gasteiger partial charge in [0.25, 0.3) is 0 Å². The molecule has 1 aliphatic heterocycles. The molecule has 0 spiro atoms. The standard InChI is InChI=1S/C16H22ClFN2O2/c1-2-8-22-13-4-3-7-20(10-13)11-16(21)19-15-6-5-12(17)9-14(15)18/h5-6,9,13H,2-4,7-8,10-11H2,1H3,(H,19,21). The van der Waals surface area contributed by atoms with Crippen molar-refractivity contribution in [3.05, 3.63) is 29.0 Å². The van der Waals surface area contributed by atoms with Gasteiger partial charge in [-0.1, -0.05) is 18.5 Å². The molecule has 0 aromatic heterocycles. The molecular weight excluding hydrogens is 307 g/mol. The molecule has 122 valence electrons. The molecule has 1 heterocycles. The monoisotopic (exact) mass is 328 g/mol. The number of piperidine rings is 1. The Morgan fingerprint density at radius 1 is 1.55 bits per heavy atom. The molecule has 1 aromatic rings. The molecule has 1 aliphatic rings. The van der Waals surface area contributed by atoms with Gasteiger partial charge < -0.3 is 10.1 Å². The number of ether oxygens (including phenoxy) is 1. The third-order valence-electron chi connectivity index (χ3n) is 3.59. The third kappa shape index (κ3) is 5.23. The van der Waals surface area contributed by atoms with E-state index in [2.05, 4.69) is 12.2 Å². The smallest absolute Gasteiger partial charge is 0.238 e. The number of hydrogen-bond donors (Lipinski definition) is 1. The van der Waals surface area contributed by atoms with Crippen molar-refractivity contribution in [2.75, 3.05) is 31.6 Å². The van der Waals surface area contributed by atoms with E-state index in [-0.39, 0.29) is 24.2 Å². The van der Waals surface area contributed by atoms with Gasteiger partial charge in [-0.2, -0.15) is 0 Å². The van der Waals surface area contributed by atoms with Crippen LogP contribution < -0.4 is 5.32 Å². The van der Waals surface area contributed by atoms with Gasteiger partial charge in [0.2, 0.25) is 5.91 Å². The number of carbonyl (C=O) groups excluding carboxylic acids is 1. The Hall–Kier alpha value is -1.17. The minimum atomic E-state index is -0.524. The quantitative estimate of drug-likeness (QED) is 0.871. The second-order valence-corrected chi connectivity index (χ2v) is 5.98. The summed E-state index contributed by atoms with van der Waals surface area (Å²) in [5.74, 6) is -0.749. The number of halogens is 2. The maximum atomic E-state index is 13.7. The molecule has 0 bridgehead atoms. The van der Waals surface area contributed by atoms with Crippen molar-refractivity contribution in [2.45, 2.75) is 32.3 Å². The second-order valence-electron chi connectivity index (χ2n) is 5.54. The molecule has 1 fully saturated rings. The van der Waals surface area contributed by atoms with Crippen LogP contribution in [-0.2, 0) is 9.53 Å². The lowest BCUT2D eigenvalue weighted by molar-refractivity contribution is -0.118. The number of likely N-dealkylation sites (tertiary alicyclic amines) is 1. The van der Waals surface area contributed by atoms with Gasteiger partial charge >= 0.3 is 0 Å². The van der Waals surface area contributed by atoms with Crippen molar-refractivity contribution >= 4 is 23.2 Å². The van der Waals surface area contributed by atoms with E-state index in [1.807, 2.05) is 4.90 Å². The third-order valence-corrected chi connectivity index (χ3v) is 3.83. The number of carbonyl (C=O) groups is 1. The average molecular weight is 329 g/mol. The number of nitrogens with zero attached hydrogens (tertiary/aromatic N) is 1. The summed E-state index contributed by atoms with van der Waals surface area (Å²) in [6, 6.07) is 4.21. The predicted octanol–water partition coefficient (Wildman–Crippen LogP) is 3.31. The lowest BCUT2D eigenvalue weighted by atomic mass is 10.1. The fourth-order valence-corrected chi connectivity index (χ4v) is 2.72. The first kappa shape index (κ1) is 17.2. The summed E-state index contributed by atoms with van der Waals surface area (Å²) in [7, 11) is 0. The van der Waals surface area contributed by atoms with E-state index < -0.39 is 5.82 Å². The number of nitrogens with one attached hydrogen (secondary N) is 1. The molecular formula is C16H22ClFN2O2. The topological polar surface area (TPSA) is 41.6 Å². The van der Waals surface area contributed by atoms with E-state index >= 15 is 0 Å². The Morgan fingerprint density at radius 2 is 2.36 bits per heavy atom. The van der Waals surface area contributed by atoms with Crippen molar-refractivity contribution in [1.29, 1.82) is 0 Å². The van der Waals surface area contributed by atoms with Gasteiger partial charge in [0.05, 0.1) is 18.3 Å². The van der Waals surface area contributed by atoms with Crippen LogP contribution in [0.4, 0.5) is 10.1 Å². The summed E-state index contributed by atoms with van der Waals surface area (Å²) in [6.07, 6.45) is 3.22. The summed E-state index contributed by atoms with van der Waals surface area (Å²) in [4.78, 5) is 14.1. The average Bonchev–Trinajstić information content (AvgIpc) is 2.48. The first-order chi connectivity index (χ1) is 10.6. The zero-order chi connectivity index (χ0) is 15.9. The lowest BCUT2D eigenvalue weighted by Crippen LogP contribution is -2.43. The minimum absolute atomic E-state index is 0.158. The van der Waals surface area contributed by atoms with Gasteiger partial charge in [-0.05, 0) is 44.0 Å². The van der Waals surface area contributed by atoms with E-state index in [0.717, 1.165) is 39.0 Å². The van der Waals surface area contributed by atoms with E-state index in [1.165, 1.54) is 12.1 Å². The van der Waals surface area contributed by atoms with Crippen LogP contribution in [0.5, 0.6) is 0 Å². The number of benzene rings is 1. The van der Waals surface area contributed by atoms with Crippen LogP contribution in [0.15, 0.2) is 18.2 Å². The molecule has 1 amide bonds. The number of rotatable bonds is 6. The lowest BCUT2D eigenvalue weighted by Gasteiger charge is -2.32. The molecule has 1 N–H and O–H groups in total. The summed E-state index contributed by atoms with van der Waals surface area (Å²) in [5, 5.41) is 2.90. The fourth-order valence-electron chi connectivity index (χ4n) is 2.56. The van der Waals surface area contributed by atoms with Gasteiger partial charge in [0.15, 0.2) is 0 Å². The van der Waals surface area contributed by atoms with Gasteiger partial charge in [-0.15, -0.1) is 0 Å². The SMILES string of the molecule is CCCOC1CCCN(CC(=O)Nc2ccc(Cl)cc2F)C1. The summed E-state index contributed by atoms with van der Waals surface area (Å²) < 4.78 is 19.4. The Kier molecular flexibility index (Phi) is 6.61. The Bertz CT molecular complexity index is 513. The normalized spacial score (nSPS) is 19.1. The van der Waals surface area contributed by atoms with E-state index in [1.54, 1.807) is 6.07 Å². The highest BCUT2D eigenvalue weighted by Gasteiger charge is 2.22.